The summed E-state index contributed by atoms with van der Waals surface area (Å²) in [5.74, 6) is 1.51. The predicted octanol–water partition coefficient (Wildman–Crippen LogP) is 5.12. The van der Waals surface area contributed by atoms with Gasteiger partial charge in [-0.05, 0) is 48.3 Å². The molecule has 2 aromatic rings. The third kappa shape index (κ3) is 5.79. The summed E-state index contributed by atoms with van der Waals surface area (Å²) in [6, 6.07) is 12.7. The molecule has 4 nitrogen and oxygen atoms in total. The SMILES string of the molecule is COc1ccc(C2(c3ccc(O[C-]=O)c(C)c3)CCCCC2)cc1C.C[C-]=O.[W+2]. The standard InChI is InChI=1S/C22H25O3.C2H3O.W/c1-16-13-18(7-9-20(16)24-3)22(11-5-4-6-12-22)19-8-10-21(25-15-23)17(2)14-19;1-2-3;/h7-10,13-14H,4-6,11-12H2,1-3H3;1H3;/q2*-1;+2. The quantitative estimate of drug-likeness (QED) is 0.474. The van der Waals surface area contributed by atoms with Crippen LogP contribution in [0.3, 0.4) is 0 Å². The first-order chi connectivity index (χ1) is 13.5. The van der Waals surface area contributed by atoms with Crippen molar-refractivity contribution in [3.63, 3.8) is 0 Å². The molecule has 1 aliphatic rings. The van der Waals surface area contributed by atoms with E-state index in [9.17, 15) is 4.79 Å². The van der Waals surface area contributed by atoms with Crippen molar-refractivity contribution >= 4 is 12.8 Å². The maximum absolute atomic E-state index is 10.5. The summed E-state index contributed by atoms with van der Waals surface area (Å²) in [4.78, 5) is 19.2. The largest absolute Gasteiger partial charge is 2.00 e. The molecule has 0 spiro atoms. The third-order valence-electron chi connectivity index (χ3n) is 5.53. The van der Waals surface area contributed by atoms with Crippen LogP contribution in [0.1, 0.15) is 61.3 Å². The molecule has 0 aliphatic heterocycles. The van der Waals surface area contributed by atoms with E-state index in [2.05, 4.69) is 37.3 Å². The molecule has 154 valence electrons. The number of rotatable bonds is 5. The average Bonchev–Trinajstić information content (AvgIpc) is 2.70. The molecule has 1 aliphatic carbocycles. The Morgan fingerprint density at radius 1 is 0.862 bits per heavy atom. The van der Waals surface area contributed by atoms with Crippen LogP contribution in [0.15, 0.2) is 36.4 Å². The Balaban J connectivity index is 0.000000990. The normalized spacial score (nSPS) is 14.5. The minimum Gasteiger partial charge on any atom is -0.610 e. The van der Waals surface area contributed by atoms with Gasteiger partial charge in [-0.3, -0.25) is 6.29 Å². The maximum atomic E-state index is 10.5. The summed E-state index contributed by atoms with van der Waals surface area (Å²) < 4.78 is 10.4. The van der Waals surface area contributed by atoms with Crippen molar-refractivity contribution in [3.05, 3.63) is 58.7 Å². The van der Waals surface area contributed by atoms with Gasteiger partial charge in [0.25, 0.3) is 0 Å². The zero-order valence-electron chi connectivity index (χ0n) is 17.5. The summed E-state index contributed by atoms with van der Waals surface area (Å²) in [7, 11) is 1.71. The van der Waals surface area contributed by atoms with Gasteiger partial charge in [0.2, 0.25) is 0 Å². The van der Waals surface area contributed by atoms with Gasteiger partial charge < -0.3 is 19.1 Å². The number of benzene rings is 2. The van der Waals surface area contributed by atoms with Gasteiger partial charge in [-0.25, -0.2) is 0 Å². The number of methoxy groups -OCH3 is 1. The zero-order chi connectivity index (χ0) is 20.6. The van der Waals surface area contributed by atoms with Crippen molar-refractivity contribution < 1.29 is 40.1 Å². The first-order valence-corrected chi connectivity index (χ1v) is 9.61. The molecule has 1 fully saturated rings. The van der Waals surface area contributed by atoms with Crippen molar-refractivity contribution in [3.8, 4) is 11.5 Å². The van der Waals surface area contributed by atoms with Gasteiger partial charge in [0.15, 0.2) is 6.47 Å². The van der Waals surface area contributed by atoms with Crippen LogP contribution < -0.4 is 9.47 Å². The van der Waals surface area contributed by atoms with E-state index < -0.39 is 0 Å². The number of carbonyl (C=O) groups excluding carboxylic acids is 2. The van der Waals surface area contributed by atoms with Crippen molar-refractivity contribution in [2.24, 2.45) is 0 Å². The molecule has 0 amide bonds. The molecule has 0 aromatic heterocycles. The molecular formula is C24H28O4W. The molecule has 0 saturated heterocycles. The zero-order valence-corrected chi connectivity index (χ0v) is 20.5. The molecule has 0 heterocycles. The molecule has 5 heteroatoms. The van der Waals surface area contributed by atoms with E-state index in [-0.39, 0.29) is 26.5 Å². The van der Waals surface area contributed by atoms with Gasteiger partial charge in [-0.2, -0.15) is 6.92 Å². The summed E-state index contributed by atoms with van der Waals surface area (Å²) in [6.07, 6.45) is 7.52. The van der Waals surface area contributed by atoms with E-state index >= 15 is 0 Å². The first-order valence-electron chi connectivity index (χ1n) is 9.61. The Hall–Kier alpha value is -1.93. The van der Waals surface area contributed by atoms with Crippen LogP contribution in [-0.2, 0) is 36.1 Å². The van der Waals surface area contributed by atoms with E-state index in [1.165, 1.54) is 50.1 Å². The molecule has 2 aromatic carbocycles. The van der Waals surface area contributed by atoms with Crippen LogP contribution in [0.2, 0.25) is 0 Å². The Kier molecular flexibility index (Phi) is 10.3. The van der Waals surface area contributed by atoms with Crippen molar-refractivity contribution in [2.75, 3.05) is 7.11 Å². The Morgan fingerprint density at radius 3 is 1.76 bits per heavy atom. The molecule has 0 unspecified atom stereocenters. The maximum Gasteiger partial charge on any atom is 2.00 e. The molecule has 0 N–H and O–H groups in total. The van der Waals surface area contributed by atoms with Gasteiger partial charge in [0.05, 0.1) is 7.11 Å². The Bertz CT molecular complexity index is 811. The van der Waals surface area contributed by atoms with E-state index in [0.29, 0.717) is 5.75 Å². The minimum absolute atomic E-state index is 0. The van der Waals surface area contributed by atoms with E-state index in [1.807, 2.05) is 13.0 Å². The summed E-state index contributed by atoms with van der Waals surface area (Å²) >= 11 is 0. The van der Waals surface area contributed by atoms with E-state index in [0.717, 1.165) is 29.7 Å². The van der Waals surface area contributed by atoms with Gasteiger partial charge >= 0.3 is 21.1 Å². The van der Waals surface area contributed by atoms with Gasteiger partial charge in [0.1, 0.15) is 5.75 Å². The third-order valence-corrected chi connectivity index (χ3v) is 5.53. The number of hydrogen-bond acceptors (Lipinski definition) is 4. The van der Waals surface area contributed by atoms with Gasteiger partial charge in [-0.15, -0.1) is 6.07 Å². The second kappa shape index (κ2) is 11.9. The molecule has 0 radical (unpaired) electrons. The number of aryl methyl sites for hydroxylation is 2. The van der Waals surface area contributed by atoms with Crippen LogP contribution in [0.25, 0.3) is 0 Å². The second-order valence-corrected chi connectivity index (χ2v) is 7.20. The fraction of sp³-hybridized carbons (Fsp3) is 0.417. The monoisotopic (exact) mass is 564 g/mol. The van der Waals surface area contributed by atoms with Crippen LogP contribution >= 0.6 is 0 Å². The van der Waals surface area contributed by atoms with Gasteiger partial charge in [-0.1, -0.05) is 56.0 Å². The fourth-order valence-electron chi connectivity index (χ4n) is 4.18. The summed E-state index contributed by atoms with van der Waals surface area (Å²) in [6.45, 7) is 6.92. The second-order valence-electron chi connectivity index (χ2n) is 7.20. The number of ether oxygens (including phenoxy) is 2. The molecule has 29 heavy (non-hydrogen) atoms. The van der Waals surface area contributed by atoms with E-state index in [1.54, 1.807) is 7.11 Å². The van der Waals surface area contributed by atoms with Crippen LogP contribution in [-0.4, -0.2) is 19.9 Å². The first kappa shape index (κ1) is 25.1. The van der Waals surface area contributed by atoms with Crippen molar-refractivity contribution in [2.45, 2.75) is 58.3 Å². The predicted molar refractivity (Wildman–Crippen MR) is 110 cm³/mol. The Labute approximate surface area is 188 Å². The van der Waals surface area contributed by atoms with Crippen LogP contribution in [0, 0.1) is 13.8 Å². The van der Waals surface area contributed by atoms with Gasteiger partial charge in [0, 0.05) is 5.41 Å². The molecular weight excluding hydrogens is 536 g/mol. The topological polar surface area (TPSA) is 52.6 Å². The molecule has 0 atom stereocenters. The van der Waals surface area contributed by atoms with E-state index in [4.69, 9.17) is 14.3 Å². The van der Waals surface area contributed by atoms with Crippen molar-refractivity contribution in [1.82, 2.24) is 0 Å². The van der Waals surface area contributed by atoms with Crippen molar-refractivity contribution in [1.29, 1.82) is 0 Å². The van der Waals surface area contributed by atoms with Crippen LogP contribution in [0.5, 0.6) is 11.5 Å². The fourth-order valence-corrected chi connectivity index (χ4v) is 4.18. The summed E-state index contributed by atoms with van der Waals surface area (Å²) in [5, 5.41) is 0. The van der Waals surface area contributed by atoms with Crippen LogP contribution in [0.4, 0.5) is 0 Å². The number of hydrogen-bond donors (Lipinski definition) is 0. The molecule has 3 rings (SSSR count). The molecule has 0 bridgehead atoms. The molecule has 1 saturated carbocycles. The Morgan fingerprint density at radius 2 is 1.34 bits per heavy atom. The average molecular weight is 564 g/mol. The minimum atomic E-state index is 0. The summed E-state index contributed by atoms with van der Waals surface area (Å²) in [5.41, 5.74) is 4.80. The smallest absolute Gasteiger partial charge is 0.610 e.